The molecule has 3 aromatic rings. The molecule has 9 nitrogen and oxygen atoms in total. The number of benzene rings is 3. The fourth-order valence-electron chi connectivity index (χ4n) is 7.83. The van der Waals surface area contributed by atoms with Crippen LogP contribution >= 0.6 is 0 Å². The molecule has 0 aliphatic carbocycles. The molecule has 3 saturated heterocycles. The van der Waals surface area contributed by atoms with Crippen LogP contribution in [0.3, 0.4) is 0 Å². The number of hydrogen-bond donors (Lipinski definition) is 0. The number of rotatable bonds is 12. The number of likely N-dealkylation sites (tertiary alicyclic amines) is 3. The Morgan fingerprint density at radius 1 is 0.635 bits per heavy atom. The monoisotopic (exact) mass is 707 g/mol. The Kier molecular flexibility index (Phi) is 12.0. The Morgan fingerprint density at radius 3 is 1.77 bits per heavy atom. The maximum atomic E-state index is 12.8. The van der Waals surface area contributed by atoms with Gasteiger partial charge >= 0.3 is 0 Å². The highest BCUT2D eigenvalue weighted by atomic mass is 16.5. The van der Waals surface area contributed by atoms with Gasteiger partial charge < -0.3 is 28.7 Å². The average molecular weight is 708 g/mol. The second kappa shape index (κ2) is 17.3. The molecule has 0 bridgehead atoms. The molecule has 9 heteroatoms. The molecule has 0 saturated carbocycles. The molecule has 3 fully saturated rings. The van der Waals surface area contributed by atoms with Gasteiger partial charge in [-0.3, -0.25) is 14.5 Å². The van der Waals surface area contributed by atoms with Gasteiger partial charge in [0.1, 0.15) is 35.7 Å². The Labute approximate surface area is 308 Å². The number of amides is 2. The van der Waals surface area contributed by atoms with Crippen molar-refractivity contribution in [2.45, 2.75) is 70.8 Å². The summed E-state index contributed by atoms with van der Waals surface area (Å²) < 4.78 is 24.9. The molecule has 4 heterocycles. The third-order valence-electron chi connectivity index (χ3n) is 10.9. The first-order valence-electron chi connectivity index (χ1n) is 19.4. The molecule has 2 amide bonds. The maximum Gasteiger partial charge on any atom is 0.260 e. The number of piperidine rings is 3. The number of fused-ring (bicyclic) bond motifs is 1. The van der Waals surface area contributed by atoms with Gasteiger partial charge in [-0.05, 0) is 124 Å². The number of hydrogen-bond acceptors (Lipinski definition) is 7. The van der Waals surface area contributed by atoms with Crippen LogP contribution in [-0.4, -0.2) is 92.1 Å². The smallest absolute Gasteiger partial charge is 0.260 e. The first kappa shape index (κ1) is 35.9. The number of carbonyl (C=O) groups excluding carboxylic acids is 2. The fourth-order valence-corrected chi connectivity index (χ4v) is 7.83. The van der Waals surface area contributed by atoms with Crippen LogP contribution in [0.1, 0.15) is 87.5 Å². The SMILES string of the molecule is CC1=C(c2ccc(OCC(=O)N3CCCCC3)cc2)C(c2ccc(OCCN3CCCCC3)cc2)Oc2cc(OCC(=O)N3CCCCC3)ccc21. The van der Waals surface area contributed by atoms with E-state index in [1.165, 1.54) is 32.1 Å². The van der Waals surface area contributed by atoms with Crippen LogP contribution in [0.25, 0.3) is 11.1 Å². The number of carbonyl (C=O) groups is 2. The van der Waals surface area contributed by atoms with E-state index in [9.17, 15) is 9.59 Å². The van der Waals surface area contributed by atoms with E-state index < -0.39 is 6.10 Å². The van der Waals surface area contributed by atoms with Crippen LogP contribution in [0, 0.1) is 0 Å². The average Bonchev–Trinajstić information content (AvgIpc) is 3.20. The standard InChI is InChI=1S/C43H53N3O6/c1-32-38-20-19-37(51-31-41(48)46-25-9-4-10-26-46)29-39(38)52-43(34-13-17-35(18-14-34)49-28-27-44-21-5-2-6-22-44)42(32)33-11-15-36(16-12-33)50-30-40(47)45-23-7-3-8-24-45/h11-20,29,43H,2-10,21-28,30-31H2,1H3. The molecule has 276 valence electrons. The summed E-state index contributed by atoms with van der Waals surface area (Å²) in [5, 5.41) is 0. The van der Waals surface area contributed by atoms with Crippen molar-refractivity contribution in [2.24, 2.45) is 0 Å². The van der Waals surface area contributed by atoms with Gasteiger partial charge in [-0.2, -0.15) is 0 Å². The first-order chi connectivity index (χ1) is 25.5. The molecule has 0 radical (unpaired) electrons. The Balaban J connectivity index is 1.09. The highest BCUT2D eigenvalue weighted by Gasteiger charge is 2.30. The van der Waals surface area contributed by atoms with Crippen LogP contribution in [0.4, 0.5) is 0 Å². The highest BCUT2D eigenvalue weighted by Crippen LogP contribution is 2.47. The molecule has 7 rings (SSSR count). The van der Waals surface area contributed by atoms with Crippen molar-refractivity contribution in [3.8, 4) is 23.0 Å². The first-order valence-corrected chi connectivity index (χ1v) is 19.4. The Hall–Kier alpha value is -4.50. The molecular weight excluding hydrogens is 654 g/mol. The maximum absolute atomic E-state index is 12.8. The van der Waals surface area contributed by atoms with Crippen molar-refractivity contribution < 1.29 is 28.5 Å². The van der Waals surface area contributed by atoms with Crippen LogP contribution in [0.5, 0.6) is 23.0 Å². The zero-order chi connectivity index (χ0) is 35.7. The van der Waals surface area contributed by atoms with E-state index >= 15 is 0 Å². The van der Waals surface area contributed by atoms with Crippen molar-refractivity contribution in [3.05, 3.63) is 83.4 Å². The molecule has 4 aliphatic rings. The Morgan fingerprint density at radius 2 is 1.15 bits per heavy atom. The van der Waals surface area contributed by atoms with Gasteiger partial charge in [0.15, 0.2) is 13.2 Å². The highest BCUT2D eigenvalue weighted by molar-refractivity contribution is 5.95. The molecular formula is C43H53N3O6. The normalized spacial score (nSPS) is 19.4. The van der Waals surface area contributed by atoms with Gasteiger partial charge in [-0.25, -0.2) is 0 Å². The molecule has 0 aromatic heterocycles. The molecule has 3 aromatic carbocycles. The van der Waals surface area contributed by atoms with E-state index in [1.54, 1.807) is 0 Å². The summed E-state index contributed by atoms with van der Waals surface area (Å²) in [6.45, 7) is 9.33. The van der Waals surface area contributed by atoms with Crippen LogP contribution in [0.15, 0.2) is 66.7 Å². The molecule has 4 aliphatic heterocycles. The number of allylic oxidation sites excluding steroid dienone is 1. The summed E-state index contributed by atoms with van der Waals surface area (Å²) in [6.07, 6.45) is 10.0. The fraction of sp³-hybridized carbons (Fsp3) is 0.488. The van der Waals surface area contributed by atoms with E-state index in [0.717, 1.165) is 105 Å². The van der Waals surface area contributed by atoms with Crippen molar-refractivity contribution >= 4 is 23.0 Å². The predicted molar refractivity (Wildman–Crippen MR) is 203 cm³/mol. The molecule has 1 atom stereocenters. The van der Waals surface area contributed by atoms with Crippen LogP contribution < -0.4 is 18.9 Å². The van der Waals surface area contributed by atoms with E-state index in [-0.39, 0.29) is 25.0 Å². The lowest BCUT2D eigenvalue weighted by Crippen LogP contribution is -2.38. The Bertz CT molecular complexity index is 1690. The summed E-state index contributed by atoms with van der Waals surface area (Å²) >= 11 is 0. The van der Waals surface area contributed by atoms with Gasteiger partial charge in [-0.1, -0.05) is 30.7 Å². The summed E-state index contributed by atoms with van der Waals surface area (Å²) in [5.74, 6) is 2.89. The minimum atomic E-state index is -0.396. The lowest BCUT2D eigenvalue weighted by Gasteiger charge is -2.31. The molecule has 0 spiro atoms. The van der Waals surface area contributed by atoms with E-state index in [0.29, 0.717) is 23.9 Å². The summed E-state index contributed by atoms with van der Waals surface area (Å²) in [4.78, 5) is 31.8. The van der Waals surface area contributed by atoms with Gasteiger partial charge in [0.2, 0.25) is 0 Å². The van der Waals surface area contributed by atoms with Crippen molar-refractivity contribution in [1.29, 1.82) is 0 Å². The minimum Gasteiger partial charge on any atom is -0.492 e. The summed E-state index contributed by atoms with van der Waals surface area (Å²) in [6, 6.07) is 22.0. The molecule has 52 heavy (non-hydrogen) atoms. The van der Waals surface area contributed by atoms with Gasteiger partial charge in [0.05, 0.1) is 0 Å². The third kappa shape index (κ3) is 8.92. The minimum absolute atomic E-state index is 0.0134. The third-order valence-corrected chi connectivity index (χ3v) is 10.9. The van der Waals surface area contributed by atoms with Crippen molar-refractivity contribution in [2.75, 3.05) is 65.6 Å². The lowest BCUT2D eigenvalue weighted by molar-refractivity contribution is -0.135. The van der Waals surface area contributed by atoms with E-state index in [2.05, 4.69) is 24.0 Å². The van der Waals surface area contributed by atoms with E-state index in [4.69, 9.17) is 18.9 Å². The van der Waals surface area contributed by atoms with Crippen molar-refractivity contribution in [1.82, 2.24) is 14.7 Å². The van der Waals surface area contributed by atoms with Gasteiger partial charge in [0.25, 0.3) is 11.8 Å². The summed E-state index contributed by atoms with van der Waals surface area (Å²) in [5.41, 5.74) is 5.14. The predicted octanol–water partition coefficient (Wildman–Crippen LogP) is 7.40. The molecule has 0 N–H and O–H groups in total. The molecule has 1 unspecified atom stereocenters. The zero-order valence-corrected chi connectivity index (χ0v) is 30.7. The second-order valence-electron chi connectivity index (χ2n) is 14.5. The second-order valence-corrected chi connectivity index (χ2v) is 14.5. The van der Waals surface area contributed by atoms with Crippen LogP contribution in [-0.2, 0) is 9.59 Å². The quantitative estimate of drug-likeness (QED) is 0.194. The van der Waals surface area contributed by atoms with Crippen molar-refractivity contribution in [3.63, 3.8) is 0 Å². The number of ether oxygens (including phenoxy) is 4. The zero-order valence-electron chi connectivity index (χ0n) is 30.7. The number of nitrogens with zero attached hydrogens (tertiary/aromatic N) is 3. The topological polar surface area (TPSA) is 80.8 Å². The van der Waals surface area contributed by atoms with Gasteiger partial charge in [-0.15, -0.1) is 0 Å². The van der Waals surface area contributed by atoms with E-state index in [1.807, 2.05) is 64.4 Å². The lowest BCUT2D eigenvalue weighted by atomic mass is 9.86. The largest absolute Gasteiger partial charge is 0.492 e. The van der Waals surface area contributed by atoms with Gasteiger partial charge in [0, 0.05) is 49.9 Å². The summed E-state index contributed by atoms with van der Waals surface area (Å²) in [7, 11) is 0. The van der Waals surface area contributed by atoms with Crippen LogP contribution in [0.2, 0.25) is 0 Å².